The van der Waals surface area contributed by atoms with Gasteiger partial charge in [-0.2, -0.15) is 0 Å². The second-order valence-electron chi connectivity index (χ2n) is 4.41. The zero-order chi connectivity index (χ0) is 14.1. The molecule has 0 unspecified atom stereocenters. The molecule has 0 spiro atoms. The molecule has 0 aliphatic carbocycles. The van der Waals surface area contributed by atoms with E-state index in [9.17, 15) is 5.11 Å². The normalized spacial score (nSPS) is 11.6. The fourth-order valence-electron chi connectivity index (χ4n) is 1.89. The summed E-state index contributed by atoms with van der Waals surface area (Å²) in [6.07, 6.45) is 1.41. The lowest BCUT2D eigenvalue weighted by molar-refractivity contribution is 0.0283. The summed E-state index contributed by atoms with van der Waals surface area (Å²) in [4.78, 5) is 0. The van der Waals surface area contributed by atoms with Crippen LogP contribution in [-0.2, 0) is 10.3 Å². The van der Waals surface area contributed by atoms with Crippen molar-refractivity contribution < 1.29 is 14.6 Å². The van der Waals surface area contributed by atoms with Gasteiger partial charge in [0.05, 0.1) is 18.8 Å². The van der Waals surface area contributed by atoms with Crippen LogP contribution in [0.4, 0.5) is 0 Å². The molecule has 0 radical (unpaired) electrons. The Morgan fingerprint density at radius 1 is 1.05 bits per heavy atom. The molecule has 0 fully saturated rings. The van der Waals surface area contributed by atoms with Crippen LogP contribution in [0.25, 0.3) is 0 Å². The molecule has 0 aliphatic rings. The number of hydrogen-bond acceptors (Lipinski definition) is 3. The number of alkyl halides is 1. The van der Waals surface area contributed by atoms with Crippen LogP contribution in [0, 0.1) is 0 Å². The van der Waals surface area contributed by atoms with E-state index in [-0.39, 0.29) is 0 Å². The van der Waals surface area contributed by atoms with Crippen molar-refractivity contribution in [2.75, 3.05) is 25.7 Å². The topological polar surface area (TPSA) is 38.7 Å². The quantitative estimate of drug-likeness (QED) is 0.559. The molecular formula is C15H23ClO3. The third-order valence-electron chi connectivity index (χ3n) is 3.28. The van der Waals surface area contributed by atoms with Gasteiger partial charge in [0, 0.05) is 5.88 Å². The molecule has 1 N–H and O–H groups in total. The van der Waals surface area contributed by atoms with Gasteiger partial charge in [0.15, 0.2) is 0 Å². The van der Waals surface area contributed by atoms with Gasteiger partial charge in [0.25, 0.3) is 0 Å². The van der Waals surface area contributed by atoms with Gasteiger partial charge >= 0.3 is 0 Å². The van der Waals surface area contributed by atoms with E-state index in [1.54, 1.807) is 0 Å². The predicted octanol–water partition coefficient (Wildman–Crippen LogP) is 3.33. The fraction of sp³-hybridized carbons (Fsp3) is 0.600. The highest BCUT2D eigenvalue weighted by Gasteiger charge is 2.24. The number of halogens is 1. The lowest BCUT2D eigenvalue weighted by Gasteiger charge is -2.25. The van der Waals surface area contributed by atoms with Crippen molar-refractivity contribution in [3.63, 3.8) is 0 Å². The van der Waals surface area contributed by atoms with Crippen LogP contribution in [0.5, 0.6) is 5.75 Å². The summed E-state index contributed by atoms with van der Waals surface area (Å²) in [5, 5.41) is 10.4. The molecular weight excluding hydrogens is 264 g/mol. The van der Waals surface area contributed by atoms with E-state index in [1.807, 2.05) is 38.1 Å². The van der Waals surface area contributed by atoms with Crippen LogP contribution in [0.1, 0.15) is 32.3 Å². The molecule has 0 saturated heterocycles. The van der Waals surface area contributed by atoms with Gasteiger partial charge in [-0.25, -0.2) is 0 Å². The third kappa shape index (κ3) is 5.01. The Bertz CT molecular complexity index is 347. The maximum atomic E-state index is 10.4. The van der Waals surface area contributed by atoms with E-state index < -0.39 is 5.60 Å². The van der Waals surface area contributed by atoms with Gasteiger partial charge in [0.1, 0.15) is 12.4 Å². The van der Waals surface area contributed by atoms with Gasteiger partial charge < -0.3 is 14.6 Å². The van der Waals surface area contributed by atoms with Crippen molar-refractivity contribution in [2.24, 2.45) is 0 Å². The summed E-state index contributed by atoms with van der Waals surface area (Å²) in [5.74, 6) is 1.29. The maximum Gasteiger partial charge on any atom is 0.119 e. The first-order chi connectivity index (χ1) is 9.16. The molecule has 1 aromatic rings. The summed E-state index contributed by atoms with van der Waals surface area (Å²) < 4.78 is 10.8. The Hall–Kier alpha value is -0.770. The highest BCUT2D eigenvalue weighted by atomic mass is 35.5. The molecule has 0 aromatic heterocycles. The molecule has 3 nitrogen and oxygen atoms in total. The van der Waals surface area contributed by atoms with Crippen LogP contribution in [0.3, 0.4) is 0 Å². The average molecular weight is 287 g/mol. The van der Waals surface area contributed by atoms with E-state index in [0.717, 1.165) is 11.3 Å². The van der Waals surface area contributed by atoms with Crippen LogP contribution >= 0.6 is 11.6 Å². The first-order valence-corrected chi connectivity index (χ1v) is 7.29. The number of aliphatic hydroxyl groups is 1. The summed E-state index contributed by atoms with van der Waals surface area (Å²) >= 11 is 5.50. The highest BCUT2D eigenvalue weighted by Crippen LogP contribution is 2.29. The standard InChI is InChI=1S/C15H23ClO3/c1-3-15(17,4-2)13-5-7-14(8-6-13)19-12-11-18-10-9-16/h5-8,17H,3-4,9-12H2,1-2H3. The number of hydrogen-bond donors (Lipinski definition) is 1. The first-order valence-electron chi connectivity index (χ1n) is 6.75. The maximum absolute atomic E-state index is 10.4. The molecule has 4 heteroatoms. The van der Waals surface area contributed by atoms with E-state index in [4.69, 9.17) is 21.1 Å². The SMILES string of the molecule is CCC(O)(CC)c1ccc(OCCOCCCl)cc1. The van der Waals surface area contributed by atoms with Gasteiger partial charge in [-0.05, 0) is 30.5 Å². The Balaban J connectivity index is 2.47. The number of benzene rings is 1. The van der Waals surface area contributed by atoms with Crippen molar-refractivity contribution in [1.82, 2.24) is 0 Å². The molecule has 108 valence electrons. The Labute approximate surface area is 120 Å². The van der Waals surface area contributed by atoms with E-state index in [0.29, 0.717) is 38.5 Å². The first kappa shape index (κ1) is 16.3. The van der Waals surface area contributed by atoms with Crippen LogP contribution in [0.2, 0.25) is 0 Å². The number of rotatable bonds is 9. The molecule has 0 aliphatic heterocycles. The Morgan fingerprint density at radius 2 is 1.68 bits per heavy atom. The largest absolute Gasteiger partial charge is 0.491 e. The average Bonchev–Trinajstić information content (AvgIpc) is 2.47. The highest BCUT2D eigenvalue weighted by molar-refractivity contribution is 6.17. The minimum atomic E-state index is -0.734. The third-order valence-corrected chi connectivity index (χ3v) is 3.43. The molecule has 0 atom stereocenters. The lowest BCUT2D eigenvalue weighted by atomic mass is 9.89. The van der Waals surface area contributed by atoms with Crippen molar-refractivity contribution in [3.05, 3.63) is 29.8 Å². The minimum absolute atomic E-state index is 0.501. The van der Waals surface area contributed by atoms with Crippen molar-refractivity contribution >= 4 is 11.6 Å². The minimum Gasteiger partial charge on any atom is -0.491 e. The van der Waals surface area contributed by atoms with Gasteiger partial charge in [0.2, 0.25) is 0 Å². The number of ether oxygens (including phenoxy) is 2. The summed E-state index contributed by atoms with van der Waals surface area (Å²) in [6.45, 7) is 5.55. The molecule has 19 heavy (non-hydrogen) atoms. The fourth-order valence-corrected chi connectivity index (χ4v) is 2.00. The summed E-state index contributed by atoms with van der Waals surface area (Å²) in [5.41, 5.74) is 0.199. The molecule has 1 aromatic carbocycles. The predicted molar refractivity (Wildman–Crippen MR) is 78.0 cm³/mol. The van der Waals surface area contributed by atoms with Gasteiger partial charge in [-0.15, -0.1) is 11.6 Å². The van der Waals surface area contributed by atoms with Gasteiger partial charge in [-0.3, -0.25) is 0 Å². The Kier molecular flexibility index (Phi) is 7.21. The smallest absolute Gasteiger partial charge is 0.119 e. The van der Waals surface area contributed by atoms with Crippen LogP contribution < -0.4 is 4.74 Å². The summed E-state index contributed by atoms with van der Waals surface area (Å²) in [7, 11) is 0. The van der Waals surface area contributed by atoms with Gasteiger partial charge in [-0.1, -0.05) is 26.0 Å². The van der Waals surface area contributed by atoms with Crippen molar-refractivity contribution in [3.8, 4) is 5.75 Å². The monoisotopic (exact) mass is 286 g/mol. The molecule has 0 heterocycles. The second-order valence-corrected chi connectivity index (χ2v) is 4.79. The van der Waals surface area contributed by atoms with Crippen molar-refractivity contribution in [1.29, 1.82) is 0 Å². The molecule has 1 rings (SSSR count). The molecule has 0 bridgehead atoms. The van der Waals surface area contributed by atoms with Crippen LogP contribution in [0.15, 0.2) is 24.3 Å². The molecule has 0 saturated carbocycles. The van der Waals surface area contributed by atoms with Crippen molar-refractivity contribution in [2.45, 2.75) is 32.3 Å². The van der Waals surface area contributed by atoms with E-state index in [2.05, 4.69) is 0 Å². The zero-order valence-corrected chi connectivity index (χ0v) is 12.4. The summed E-state index contributed by atoms with van der Waals surface area (Å²) in [6, 6.07) is 7.60. The van der Waals surface area contributed by atoms with E-state index in [1.165, 1.54) is 0 Å². The zero-order valence-electron chi connectivity index (χ0n) is 11.7. The lowest BCUT2D eigenvalue weighted by Crippen LogP contribution is -2.23. The Morgan fingerprint density at radius 3 is 2.21 bits per heavy atom. The van der Waals surface area contributed by atoms with E-state index >= 15 is 0 Å². The second kappa shape index (κ2) is 8.41. The molecule has 0 amide bonds. The van der Waals surface area contributed by atoms with Crippen LogP contribution in [-0.4, -0.2) is 30.8 Å².